The predicted molar refractivity (Wildman–Crippen MR) is 93.0 cm³/mol. The largest absolute Gasteiger partial charge is 0.452 e. The highest BCUT2D eigenvalue weighted by atomic mass is 16.5. The van der Waals surface area contributed by atoms with Gasteiger partial charge in [0, 0.05) is 24.7 Å². The summed E-state index contributed by atoms with van der Waals surface area (Å²) in [6.07, 6.45) is 2.18. The van der Waals surface area contributed by atoms with Crippen LogP contribution < -0.4 is 10.2 Å². The second-order valence-corrected chi connectivity index (χ2v) is 6.79. The first-order valence-electron chi connectivity index (χ1n) is 8.88. The zero-order chi connectivity index (χ0) is 18.0. The molecule has 1 saturated carbocycles. The van der Waals surface area contributed by atoms with Crippen LogP contribution in [0.25, 0.3) is 0 Å². The molecule has 1 aliphatic carbocycles. The lowest BCUT2D eigenvalue weighted by molar-refractivity contribution is -0.158. The van der Waals surface area contributed by atoms with E-state index in [2.05, 4.69) is 12.2 Å². The van der Waals surface area contributed by atoms with Crippen LogP contribution in [0.2, 0.25) is 0 Å². The number of hydrogen-bond donors (Lipinski definition) is 1. The van der Waals surface area contributed by atoms with E-state index in [0.29, 0.717) is 6.54 Å². The number of ether oxygens (including phenoxy) is 1. The van der Waals surface area contributed by atoms with Crippen LogP contribution in [-0.4, -0.2) is 36.5 Å². The molecular weight excluding hydrogens is 320 g/mol. The van der Waals surface area contributed by atoms with Crippen LogP contribution >= 0.6 is 0 Å². The van der Waals surface area contributed by atoms with Gasteiger partial charge in [-0.15, -0.1) is 0 Å². The SMILES string of the molecule is CCc1ccc(N2C[C@H](C(=O)O[C@H](C)C(=O)NC3CC3)CC2=O)cc1. The summed E-state index contributed by atoms with van der Waals surface area (Å²) in [5.74, 6) is -1.39. The van der Waals surface area contributed by atoms with Crippen LogP contribution in [0.5, 0.6) is 0 Å². The fourth-order valence-electron chi connectivity index (χ4n) is 2.90. The molecule has 1 heterocycles. The quantitative estimate of drug-likeness (QED) is 0.799. The van der Waals surface area contributed by atoms with Gasteiger partial charge in [0.2, 0.25) is 5.91 Å². The first-order chi connectivity index (χ1) is 12.0. The number of hydrogen-bond acceptors (Lipinski definition) is 4. The lowest BCUT2D eigenvalue weighted by atomic mass is 10.1. The van der Waals surface area contributed by atoms with E-state index in [1.165, 1.54) is 5.56 Å². The number of aryl methyl sites for hydroxylation is 1. The molecule has 134 valence electrons. The van der Waals surface area contributed by atoms with Gasteiger partial charge in [-0.25, -0.2) is 0 Å². The molecule has 1 aromatic carbocycles. The van der Waals surface area contributed by atoms with E-state index in [1.54, 1.807) is 11.8 Å². The maximum atomic E-state index is 12.3. The van der Waals surface area contributed by atoms with Crippen LogP contribution in [-0.2, 0) is 25.5 Å². The zero-order valence-electron chi connectivity index (χ0n) is 14.7. The van der Waals surface area contributed by atoms with E-state index >= 15 is 0 Å². The van der Waals surface area contributed by atoms with E-state index < -0.39 is 18.0 Å². The molecule has 1 saturated heterocycles. The summed E-state index contributed by atoms with van der Waals surface area (Å²) >= 11 is 0. The monoisotopic (exact) mass is 344 g/mol. The molecule has 0 aromatic heterocycles. The molecule has 2 fully saturated rings. The summed E-state index contributed by atoms with van der Waals surface area (Å²) in [6.45, 7) is 3.93. The van der Waals surface area contributed by atoms with Crippen LogP contribution in [0, 0.1) is 5.92 Å². The Morgan fingerprint density at radius 3 is 2.56 bits per heavy atom. The highest BCUT2D eigenvalue weighted by Gasteiger charge is 2.37. The predicted octanol–water partition coefficient (Wildman–Crippen LogP) is 1.81. The first-order valence-corrected chi connectivity index (χ1v) is 8.88. The Morgan fingerprint density at radius 2 is 1.96 bits per heavy atom. The third-order valence-corrected chi connectivity index (χ3v) is 4.70. The Labute approximate surface area is 147 Å². The Hall–Kier alpha value is -2.37. The van der Waals surface area contributed by atoms with E-state index in [0.717, 1.165) is 24.9 Å². The molecule has 1 aliphatic heterocycles. The minimum Gasteiger partial charge on any atom is -0.452 e. The summed E-state index contributed by atoms with van der Waals surface area (Å²) in [5, 5.41) is 2.81. The smallest absolute Gasteiger partial charge is 0.312 e. The second-order valence-electron chi connectivity index (χ2n) is 6.79. The Balaban J connectivity index is 1.57. The van der Waals surface area contributed by atoms with Crippen molar-refractivity contribution in [2.24, 2.45) is 5.92 Å². The van der Waals surface area contributed by atoms with E-state index in [9.17, 15) is 14.4 Å². The zero-order valence-corrected chi connectivity index (χ0v) is 14.7. The van der Waals surface area contributed by atoms with Crippen molar-refractivity contribution in [3.63, 3.8) is 0 Å². The first kappa shape index (κ1) is 17.5. The van der Waals surface area contributed by atoms with Gasteiger partial charge in [0.25, 0.3) is 5.91 Å². The molecule has 0 spiro atoms. The lowest BCUT2D eigenvalue weighted by Gasteiger charge is -2.18. The Kier molecular flexibility index (Phi) is 5.06. The van der Waals surface area contributed by atoms with Crippen molar-refractivity contribution in [2.75, 3.05) is 11.4 Å². The number of benzene rings is 1. The molecule has 2 aliphatic rings. The fourth-order valence-corrected chi connectivity index (χ4v) is 2.90. The van der Waals surface area contributed by atoms with Gasteiger partial charge in [-0.05, 0) is 43.9 Å². The summed E-state index contributed by atoms with van der Waals surface area (Å²) in [6, 6.07) is 7.99. The van der Waals surface area contributed by atoms with E-state index in [1.807, 2.05) is 24.3 Å². The van der Waals surface area contributed by atoms with Crippen molar-refractivity contribution in [1.29, 1.82) is 0 Å². The van der Waals surface area contributed by atoms with Crippen molar-refractivity contribution in [2.45, 2.75) is 51.7 Å². The number of nitrogens with zero attached hydrogens (tertiary/aromatic N) is 1. The van der Waals surface area contributed by atoms with Gasteiger partial charge in [-0.1, -0.05) is 19.1 Å². The van der Waals surface area contributed by atoms with Crippen LogP contribution in [0.15, 0.2) is 24.3 Å². The van der Waals surface area contributed by atoms with Gasteiger partial charge >= 0.3 is 5.97 Å². The minimum atomic E-state index is -0.832. The van der Waals surface area contributed by atoms with Gasteiger partial charge in [-0.3, -0.25) is 14.4 Å². The third kappa shape index (κ3) is 4.18. The number of anilines is 1. The number of esters is 1. The second kappa shape index (κ2) is 7.25. The Bertz CT molecular complexity index is 667. The van der Waals surface area contributed by atoms with E-state index in [-0.39, 0.29) is 24.3 Å². The van der Waals surface area contributed by atoms with Crippen LogP contribution in [0.1, 0.15) is 38.7 Å². The van der Waals surface area contributed by atoms with Crippen molar-refractivity contribution >= 4 is 23.5 Å². The molecular formula is C19H24N2O4. The Morgan fingerprint density at radius 1 is 1.28 bits per heavy atom. The number of amides is 2. The number of nitrogens with one attached hydrogen (secondary N) is 1. The number of carbonyl (C=O) groups excluding carboxylic acids is 3. The molecule has 2 atom stereocenters. The van der Waals surface area contributed by atoms with E-state index in [4.69, 9.17) is 4.74 Å². The van der Waals surface area contributed by atoms with Crippen molar-refractivity contribution < 1.29 is 19.1 Å². The molecule has 0 bridgehead atoms. The lowest BCUT2D eigenvalue weighted by Crippen LogP contribution is -2.38. The average molecular weight is 344 g/mol. The molecule has 0 unspecified atom stereocenters. The highest BCUT2D eigenvalue weighted by molar-refractivity contribution is 5.99. The van der Waals surface area contributed by atoms with Crippen molar-refractivity contribution in [1.82, 2.24) is 5.32 Å². The highest BCUT2D eigenvalue weighted by Crippen LogP contribution is 2.26. The summed E-state index contributed by atoms with van der Waals surface area (Å²) < 4.78 is 5.26. The third-order valence-electron chi connectivity index (χ3n) is 4.70. The molecule has 25 heavy (non-hydrogen) atoms. The summed E-state index contributed by atoms with van der Waals surface area (Å²) in [7, 11) is 0. The number of rotatable bonds is 6. The molecule has 3 rings (SSSR count). The summed E-state index contributed by atoms with van der Waals surface area (Å²) in [4.78, 5) is 38.1. The molecule has 6 nitrogen and oxygen atoms in total. The van der Waals surface area contributed by atoms with Gasteiger partial charge in [-0.2, -0.15) is 0 Å². The topological polar surface area (TPSA) is 75.7 Å². The van der Waals surface area contributed by atoms with Gasteiger partial charge in [0.15, 0.2) is 6.10 Å². The molecule has 2 amide bonds. The molecule has 1 N–H and O–H groups in total. The normalized spacial score (nSPS) is 21.1. The minimum absolute atomic E-state index is 0.0960. The van der Waals surface area contributed by atoms with Crippen LogP contribution in [0.4, 0.5) is 5.69 Å². The fraction of sp³-hybridized carbons (Fsp3) is 0.526. The maximum Gasteiger partial charge on any atom is 0.312 e. The van der Waals surface area contributed by atoms with Gasteiger partial charge in [0.05, 0.1) is 5.92 Å². The van der Waals surface area contributed by atoms with Crippen molar-refractivity contribution in [3.05, 3.63) is 29.8 Å². The standard InChI is InChI=1S/C19H24N2O4/c1-3-13-4-8-16(9-5-13)21-11-14(10-17(21)22)19(24)25-12(2)18(23)20-15-6-7-15/h4-5,8-9,12,14-15H,3,6-7,10-11H2,1-2H3,(H,20,23)/t12-,14-/m1/s1. The molecule has 1 aromatic rings. The number of carbonyl (C=O) groups is 3. The van der Waals surface area contributed by atoms with Crippen LogP contribution in [0.3, 0.4) is 0 Å². The summed E-state index contributed by atoms with van der Waals surface area (Å²) in [5.41, 5.74) is 1.99. The average Bonchev–Trinajstić information content (AvgIpc) is 3.33. The molecule has 0 radical (unpaired) electrons. The van der Waals surface area contributed by atoms with Gasteiger partial charge < -0.3 is 15.0 Å². The molecule has 6 heteroatoms. The van der Waals surface area contributed by atoms with Crippen molar-refractivity contribution in [3.8, 4) is 0 Å². The maximum absolute atomic E-state index is 12.3. The van der Waals surface area contributed by atoms with Gasteiger partial charge in [0.1, 0.15) is 0 Å².